The van der Waals surface area contributed by atoms with Gasteiger partial charge in [-0.2, -0.15) is 16.8 Å². The molecule has 2 aromatic carbocycles. The molecule has 0 atom stereocenters. The fourth-order valence-electron chi connectivity index (χ4n) is 2.73. The highest BCUT2D eigenvalue weighted by Crippen LogP contribution is 2.35. The van der Waals surface area contributed by atoms with Crippen molar-refractivity contribution >= 4 is 20.2 Å². The summed E-state index contributed by atoms with van der Waals surface area (Å²) in [4.78, 5) is -0.155. The smallest absolute Gasteiger partial charge is 0.264 e. The van der Waals surface area contributed by atoms with E-state index in [2.05, 4.69) is 0 Å². The Hall–Kier alpha value is -1.74. The van der Waals surface area contributed by atoms with Gasteiger partial charge in [-0.1, -0.05) is 24.3 Å². The van der Waals surface area contributed by atoms with Crippen LogP contribution >= 0.6 is 0 Å². The standard InChI is InChI=1S/C20H26O6S2/c1-13(2)25-27(21,22)19-11-15(5)7-9-17(19)18-10-8-16(6)12-20(18)28(23,24)26-14(3)4/h7-14H,1-6H3. The zero-order chi connectivity index (χ0) is 21.3. The first-order valence-electron chi connectivity index (χ1n) is 8.92. The van der Waals surface area contributed by atoms with E-state index in [1.165, 1.54) is 12.1 Å². The Morgan fingerprint density at radius 2 is 0.964 bits per heavy atom. The Morgan fingerprint density at radius 1 is 0.643 bits per heavy atom. The lowest BCUT2D eigenvalue weighted by atomic mass is 10.0. The van der Waals surface area contributed by atoms with Gasteiger partial charge in [-0.3, -0.25) is 8.37 Å². The third-order valence-electron chi connectivity index (χ3n) is 3.74. The van der Waals surface area contributed by atoms with Crippen LogP contribution < -0.4 is 0 Å². The van der Waals surface area contributed by atoms with Gasteiger partial charge in [-0.05, 0) is 64.8 Å². The van der Waals surface area contributed by atoms with Gasteiger partial charge in [-0.15, -0.1) is 0 Å². The van der Waals surface area contributed by atoms with Gasteiger partial charge in [0.15, 0.2) is 0 Å². The van der Waals surface area contributed by atoms with Crippen LogP contribution in [0.15, 0.2) is 46.2 Å². The van der Waals surface area contributed by atoms with Gasteiger partial charge in [0.25, 0.3) is 20.2 Å². The highest BCUT2D eigenvalue weighted by molar-refractivity contribution is 7.87. The van der Waals surface area contributed by atoms with Crippen molar-refractivity contribution in [3.05, 3.63) is 47.5 Å². The highest BCUT2D eigenvalue weighted by atomic mass is 32.2. The predicted octanol–water partition coefficient (Wildman–Crippen LogP) is 4.20. The van der Waals surface area contributed by atoms with Crippen LogP contribution in [0.3, 0.4) is 0 Å². The van der Waals surface area contributed by atoms with E-state index < -0.39 is 32.4 Å². The Kier molecular flexibility index (Phi) is 6.70. The summed E-state index contributed by atoms with van der Waals surface area (Å²) in [5.74, 6) is 0. The van der Waals surface area contributed by atoms with Crippen LogP contribution in [-0.4, -0.2) is 29.0 Å². The van der Waals surface area contributed by atoms with Crippen molar-refractivity contribution < 1.29 is 25.2 Å². The highest BCUT2D eigenvalue weighted by Gasteiger charge is 2.27. The topological polar surface area (TPSA) is 86.7 Å². The maximum atomic E-state index is 12.8. The van der Waals surface area contributed by atoms with Crippen molar-refractivity contribution in [3.63, 3.8) is 0 Å². The quantitative estimate of drug-likeness (QED) is 0.617. The lowest BCUT2D eigenvalue weighted by Gasteiger charge is -2.17. The minimum Gasteiger partial charge on any atom is -0.264 e. The van der Waals surface area contributed by atoms with Gasteiger partial charge in [0.05, 0.1) is 12.2 Å². The zero-order valence-electron chi connectivity index (χ0n) is 16.9. The summed E-state index contributed by atoms with van der Waals surface area (Å²) < 4.78 is 61.5. The zero-order valence-corrected chi connectivity index (χ0v) is 18.5. The Labute approximate surface area is 167 Å². The molecule has 0 aliphatic heterocycles. The van der Waals surface area contributed by atoms with E-state index in [9.17, 15) is 16.8 Å². The van der Waals surface area contributed by atoms with Gasteiger partial charge >= 0.3 is 0 Å². The number of hydrogen-bond donors (Lipinski definition) is 0. The van der Waals surface area contributed by atoms with Crippen molar-refractivity contribution in [2.45, 2.75) is 63.5 Å². The number of aryl methyl sites for hydroxylation is 2. The average molecular weight is 427 g/mol. The van der Waals surface area contributed by atoms with Crippen LogP contribution in [0.1, 0.15) is 38.8 Å². The minimum absolute atomic E-state index is 0.0777. The SMILES string of the molecule is Cc1ccc(-c2ccc(C)cc2S(=O)(=O)OC(C)C)c(S(=O)(=O)OC(C)C)c1. The summed E-state index contributed by atoms with van der Waals surface area (Å²) in [7, 11) is -8.18. The van der Waals surface area contributed by atoms with Gasteiger partial charge in [-0.25, -0.2) is 0 Å². The molecule has 0 N–H and O–H groups in total. The molecule has 0 heterocycles. The first-order chi connectivity index (χ1) is 12.8. The molecule has 154 valence electrons. The lowest BCUT2D eigenvalue weighted by Crippen LogP contribution is -2.16. The molecular formula is C20H26O6S2. The maximum absolute atomic E-state index is 12.8. The Bertz CT molecular complexity index is 980. The molecule has 0 aromatic heterocycles. The molecule has 8 heteroatoms. The van der Waals surface area contributed by atoms with E-state index in [0.29, 0.717) is 11.1 Å². The minimum atomic E-state index is -4.09. The lowest BCUT2D eigenvalue weighted by molar-refractivity contribution is 0.247. The maximum Gasteiger partial charge on any atom is 0.297 e. The molecule has 0 saturated heterocycles. The van der Waals surface area contributed by atoms with E-state index in [1.807, 2.05) is 0 Å². The normalized spacial score (nSPS) is 12.7. The second kappa shape index (κ2) is 8.32. The van der Waals surface area contributed by atoms with Gasteiger partial charge in [0.1, 0.15) is 9.79 Å². The van der Waals surface area contributed by atoms with Crippen LogP contribution in [-0.2, 0) is 28.6 Å². The summed E-state index contributed by atoms with van der Waals surface area (Å²) in [6.45, 7) is 9.98. The summed E-state index contributed by atoms with van der Waals surface area (Å²) in [6.07, 6.45) is -1.10. The van der Waals surface area contributed by atoms with E-state index in [0.717, 1.165) is 0 Å². The molecular weight excluding hydrogens is 400 g/mol. The largest absolute Gasteiger partial charge is 0.297 e. The van der Waals surface area contributed by atoms with Gasteiger partial charge in [0, 0.05) is 11.1 Å². The number of benzene rings is 2. The molecule has 0 bridgehead atoms. The van der Waals surface area contributed by atoms with Crippen molar-refractivity contribution in [2.24, 2.45) is 0 Å². The second-order valence-corrected chi connectivity index (χ2v) is 10.3. The van der Waals surface area contributed by atoms with Gasteiger partial charge in [0.2, 0.25) is 0 Å². The van der Waals surface area contributed by atoms with Crippen molar-refractivity contribution in [1.29, 1.82) is 0 Å². The molecule has 0 aliphatic carbocycles. The first kappa shape index (κ1) is 22.5. The first-order valence-corrected chi connectivity index (χ1v) is 11.7. The van der Waals surface area contributed by atoms with E-state index in [4.69, 9.17) is 8.37 Å². The summed E-state index contributed by atoms with van der Waals surface area (Å²) in [5.41, 5.74) is 1.92. The van der Waals surface area contributed by atoms with Crippen molar-refractivity contribution in [1.82, 2.24) is 0 Å². The third-order valence-corrected chi connectivity index (χ3v) is 6.77. The average Bonchev–Trinajstić information content (AvgIpc) is 2.52. The predicted molar refractivity (Wildman–Crippen MR) is 108 cm³/mol. The molecule has 0 radical (unpaired) electrons. The van der Waals surface area contributed by atoms with Crippen LogP contribution in [0.5, 0.6) is 0 Å². The molecule has 2 aromatic rings. The van der Waals surface area contributed by atoms with E-state index in [1.54, 1.807) is 65.8 Å². The molecule has 0 saturated carbocycles. The van der Waals surface area contributed by atoms with Crippen molar-refractivity contribution in [3.8, 4) is 11.1 Å². The fourth-order valence-corrected chi connectivity index (χ4v) is 5.50. The van der Waals surface area contributed by atoms with E-state index in [-0.39, 0.29) is 20.9 Å². The molecule has 0 aliphatic rings. The van der Waals surface area contributed by atoms with Crippen LogP contribution in [0, 0.1) is 13.8 Å². The van der Waals surface area contributed by atoms with E-state index >= 15 is 0 Å². The molecule has 2 rings (SSSR count). The van der Waals surface area contributed by atoms with Gasteiger partial charge < -0.3 is 0 Å². The molecule has 6 nitrogen and oxygen atoms in total. The molecule has 0 amide bonds. The Morgan fingerprint density at radius 3 is 1.25 bits per heavy atom. The van der Waals surface area contributed by atoms with Crippen LogP contribution in [0.2, 0.25) is 0 Å². The molecule has 0 unspecified atom stereocenters. The summed E-state index contributed by atoms with van der Waals surface area (Å²) >= 11 is 0. The number of hydrogen-bond acceptors (Lipinski definition) is 6. The summed E-state index contributed by atoms with van der Waals surface area (Å²) in [5, 5.41) is 0. The third kappa shape index (κ3) is 5.20. The fraction of sp³-hybridized carbons (Fsp3) is 0.400. The molecule has 28 heavy (non-hydrogen) atoms. The van der Waals surface area contributed by atoms with Crippen LogP contribution in [0.25, 0.3) is 11.1 Å². The molecule has 0 fully saturated rings. The monoisotopic (exact) mass is 426 g/mol. The Balaban J connectivity index is 2.81. The molecule has 0 spiro atoms. The van der Waals surface area contributed by atoms with Crippen LogP contribution in [0.4, 0.5) is 0 Å². The number of rotatable bonds is 7. The van der Waals surface area contributed by atoms with Crippen molar-refractivity contribution in [2.75, 3.05) is 0 Å². The second-order valence-electron chi connectivity index (χ2n) is 7.20. The summed E-state index contributed by atoms with van der Waals surface area (Å²) in [6, 6.07) is 9.59.